The lowest BCUT2D eigenvalue weighted by molar-refractivity contribution is 0.0725. The number of amides is 1. The van der Waals surface area contributed by atoms with Crippen LogP contribution in [-0.2, 0) is 13.6 Å². The van der Waals surface area contributed by atoms with Crippen LogP contribution in [0, 0.1) is 0 Å². The Morgan fingerprint density at radius 1 is 1.03 bits per heavy atom. The molecule has 0 N–H and O–H groups in total. The van der Waals surface area contributed by atoms with Crippen LogP contribution in [0.3, 0.4) is 0 Å². The van der Waals surface area contributed by atoms with E-state index in [0.717, 1.165) is 24.2 Å². The number of ether oxygens (including phenoxy) is 3. The fourth-order valence-corrected chi connectivity index (χ4v) is 4.98. The molecule has 2 heterocycles. The molecule has 1 fully saturated rings. The van der Waals surface area contributed by atoms with Crippen molar-refractivity contribution in [3.8, 4) is 17.2 Å². The Hall–Kier alpha value is -3.19. The van der Waals surface area contributed by atoms with Crippen molar-refractivity contribution in [3.05, 3.63) is 53.7 Å². The van der Waals surface area contributed by atoms with Crippen molar-refractivity contribution in [2.24, 2.45) is 7.05 Å². The minimum Gasteiger partial charge on any atom is -0.493 e. The molecule has 1 atom stereocenters. The van der Waals surface area contributed by atoms with Crippen LogP contribution in [0.15, 0.2) is 42.5 Å². The predicted octanol–water partition coefficient (Wildman–Crippen LogP) is 4.33. The van der Waals surface area contributed by atoms with E-state index >= 15 is 0 Å². The van der Waals surface area contributed by atoms with Gasteiger partial charge in [0.05, 0.1) is 27.9 Å². The summed E-state index contributed by atoms with van der Waals surface area (Å²) in [5.41, 5.74) is 2.78. The smallest absolute Gasteiger partial charge is 0.254 e. The lowest BCUT2D eigenvalue weighted by Crippen LogP contribution is -2.36. The molecule has 1 unspecified atom stereocenters. The van der Waals surface area contributed by atoms with Crippen LogP contribution in [0.1, 0.15) is 35.3 Å². The summed E-state index contributed by atoms with van der Waals surface area (Å²) in [6.07, 6.45) is 3.33. The van der Waals surface area contributed by atoms with Crippen LogP contribution < -0.4 is 14.2 Å². The summed E-state index contributed by atoms with van der Waals surface area (Å²) in [6, 6.07) is 14.5. The third kappa shape index (κ3) is 4.71. The molecule has 0 bridgehead atoms. The highest BCUT2D eigenvalue weighted by atomic mass is 16.5. The number of para-hydroxylation sites is 1. The van der Waals surface area contributed by atoms with E-state index in [9.17, 15) is 4.79 Å². The highest BCUT2D eigenvalue weighted by Gasteiger charge is 2.26. The topological polar surface area (TPSA) is 56.2 Å². The van der Waals surface area contributed by atoms with Gasteiger partial charge in [-0.05, 0) is 62.5 Å². The average molecular weight is 466 g/mol. The van der Waals surface area contributed by atoms with Gasteiger partial charge in [0.15, 0.2) is 11.5 Å². The van der Waals surface area contributed by atoms with Gasteiger partial charge in [-0.2, -0.15) is 0 Å². The predicted molar refractivity (Wildman–Crippen MR) is 134 cm³/mol. The van der Waals surface area contributed by atoms with E-state index in [4.69, 9.17) is 14.2 Å². The van der Waals surface area contributed by atoms with Crippen molar-refractivity contribution >= 4 is 16.8 Å². The van der Waals surface area contributed by atoms with Gasteiger partial charge < -0.3 is 28.6 Å². The molecule has 1 aromatic heterocycles. The highest BCUT2D eigenvalue weighted by Crippen LogP contribution is 2.38. The Morgan fingerprint density at radius 2 is 1.74 bits per heavy atom. The van der Waals surface area contributed by atoms with Gasteiger partial charge >= 0.3 is 0 Å². The molecule has 1 saturated heterocycles. The maximum absolute atomic E-state index is 13.8. The summed E-state index contributed by atoms with van der Waals surface area (Å²) in [7, 11) is 8.92. The standard InChI is InChI=1S/C27H35N3O4/c1-28-13-8-10-21(28)12-14-30(18-22-15-19-9-6-7-11-23(19)29(22)2)27(31)20-16-24(32-3)26(34-5)25(17-20)33-4/h6-7,9,11,15-17,21H,8,10,12-14,18H2,1-5H3. The molecule has 7 nitrogen and oxygen atoms in total. The van der Waals surface area contributed by atoms with Crippen molar-refractivity contribution in [2.75, 3.05) is 41.5 Å². The largest absolute Gasteiger partial charge is 0.493 e. The number of fused-ring (bicyclic) bond motifs is 1. The molecule has 1 aliphatic rings. The van der Waals surface area contributed by atoms with Gasteiger partial charge in [0, 0.05) is 36.4 Å². The lowest BCUT2D eigenvalue weighted by atomic mass is 10.1. The molecule has 7 heteroatoms. The summed E-state index contributed by atoms with van der Waals surface area (Å²) in [5.74, 6) is 1.38. The number of rotatable bonds is 9. The first kappa shape index (κ1) is 24.0. The zero-order valence-corrected chi connectivity index (χ0v) is 20.8. The van der Waals surface area contributed by atoms with Crippen LogP contribution in [0.2, 0.25) is 0 Å². The first-order valence-corrected chi connectivity index (χ1v) is 11.8. The first-order chi connectivity index (χ1) is 16.5. The van der Waals surface area contributed by atoms with Crippen LogP contribution in [0.5, 0.6) is 17.2 Å². The van der Waals surface area contributed by atoms with Crippen molar-refractivity contribution in [2.45, 2.75) is 31.8 Å². The van der Waals surface area contributed by atoms with Crippen molar-refractivity contribution < 1.29 is 19.0 Å². The molecule has 182 valence electrons. The number of likely N-dealkylation sites (tertiary alicyclic amines) is 1. The normalized spacial score (nSPS) is 16.1. The van der Waals surface area contributed by atoms with Crippen LogP contribution in [-0.4, -0.2) is 67.8 Å². The number of aryl methyl sites for hydroxylation is 1. The number of benzene rings is 2. The van der Waals surface area contributed by atoms with Gasteiger partial charge in [-0.25, -0.2) is 0 Å². The summed E-state index contributed by atoms with van der Waals surface area (Å²) in [5, 5.41) is 1.18. The van der Waals surface area contributed by atoms with Crippen molar-refractivity contribution in [1.29, 1.82) is 0 Å². The van der Waals surface area contributed by atoms with Gasteiger partial charge in [0.2, 0.25) is 5.75 Å². The number of nitrogens with zero attached hydrogens (tertiary/aromatic N) is 3. The van der Waals surface area contributed by atoms with Crippen LogP contribution in [0.25, 0.3) is 10.9 Å². The van der Waals surface area contributed by atoms with Gasteiger partial charge in [-0.15, -0.1) is 0 Å². The molecule has 0 radical (unpaired) electrons. The maximum Gasteiger partial charge on any atom is 0.254 e. The number of carbonyl (C=O) groups is 1. The van der Waals surface area contributed by atoms with Crippen molar-refractivity contribution in [3.63, 3.8) is 0 Å². The molecule has 0 spiro atoms. The molecular weight excluding hydrogens is 430 g/mol. The Morgan fingerprint density at radius 3 is 2.32 bits per heavy atom. The van der Waals surface area contributed by atoms with Crippen LogP contribution >= 0.6 is 0 Å². The fraction of sp³-hybridized carbons (Fsp3) is 0.444. The number of hydrogen-bond acceptors (Lipinski definition) is 5. The monoisotopic (exact) mass is 465 g/mol. The molecule has 0 aliphatic carbocycles. The molecule has 34 heavy (non-hydrogen) atoms. The average Bonchev–Trinajstić information content (AvgIpc) is 3.42. The number of hydrogen-bond donors (Lipinski definition) is 0. The Labute approximate surface area is 201 Å². The summed E-state index contributed by atoms with van der Waals surface area (Å²) in [4.78, 5) is 18.2. The summed E-state index contributed by atoms with van der Waals surface area (Å²) >= 11 is 0. The summed E-state index contributed by atoms with van der Waals surface area (Å²) in [6.45, 7) is 2.32. The maximum atomic E-state index is 13.8. The summed E-state index contributed by atoms with van der Waals surface area (Å²) < 4.78 is 18.6. The van der Waals surface area contributed by atoms with Gasteiger partial charge in [-0.3, -0.25) is 4.79 Å². The first-order valence-electron chi connectivity index (χ1n) is 11.8. The van der Waals surface area contributed by atoms with E-state index < -0.39 is 0 Å². The second-order valence-electron chi connectivity index (χ2n) is 8.96. The fourth-order valence-electron chi connectivity index (χ4n) is 4.98. The molecule has 3 aromatic rings. The van der Waals surface area contributed by atoms with E-state index in [-0.39, 0.29) is 5.91 Å². The zero-order chi connectivity index (χ0) is 24.2. The Bertz CT molecular complexity index is 1130. The van der Waals surface area contributed by atoms with Gasteiger partial charge in [-0.1, -0.05) is 18.2 Å². The zero-order valence-electron chi connectivity index (χ0n) is 20.8. The number of carbonyl (C=O) groups excluding carboxylic acids is 1. The number of methoxy groups -OCH3 is 3. The number of aromatic nitrogens is 1. The lowest BCUT2D eigenvalue weighted by Gasteiger charge is -2.27. The Kier molecular flexibility index (Phi) is 7.32. The van der Waals surface area contributed by atoms with Gasteiger partial charge in [0.25, 0.3) is 5.91 Å². The molecule has 4 rings (SSSR count). The van der Waals surface area contributed by atoms with E-state index in [1.807, 2.05) is 17.0 Å². The quantitative estimate of drug-likeness (QED) is 0.471. The molecule has 2 aromatic carbocycles. The minimum absolute atomic E-state index is 0.0508. The second kappa shape index (κ2) is 10.4. The molecular formula is C27H35N3O4. The highest BCUT2D eigenvalue weighted by molar-refractivity contribution is 5.95. The Balaban J connectivity index is 1.66. The van der Waals surface area contributed by atoms with Gasteiger partial charge in [0.1, 0.15) is 0 Å². The second-order valence-corrected chi connectivity index (χ2v) is 8.96. The third-order valence-electron chi connectivity index (χ3n) is 7.01. The minimum atomic E-state index is -0.0508. The molecule has 1 amide bonds. The van der Waals surface area contributed by atoms with Crippen LogP contribution in [0.4, 0.5) is 0 Å². The SMILES string of the molecule is COc1cc(C(=O)N(CCC2CCCN2C)Cc2cc3ccccc3n2C)cc(OC)c1OC. The van der Waals surface area contributed by atoms with E-state index in [0.29, 0.717) is 41.9 Å². The molecule has 0 saturated carbocycles. The third-order valence-corrected chi connectivity index (χ3v) is 7.01. The molecule has 1 aliphatic heterocycles. The van der Waals surface area contributed by atoms with E-state index in [1.165, 1.54) is 18.2 Å². The van der Waals surface area contributed by atoms with E-state index in [1.54, 1.807) is 33.5 Å². The van der Waals surface area contributed by atoms with Crippen molar-refractivity contribution in [1.82, 2.24) is 14.4 Å². The van der Waals surface area contributed by atoms with E-state index in [2.05, 4.69) is 41.8 Å².